The highest BCUT2D eigenvalue weighted by Crippen LogP contribution is 2.39. The van der Waals surface area contributed by atoms with E-state index in [1.165, 1.54) is 37.5 Å². The van der Waals surface area contributed by atoms with Crippen LogP contribution in [0.15, 0.2) is 73.2 Å². The van der Waals surface area contributed by atoms with E-state index in [2.05, 4.69) is 9.97 Å². The van der Waals surface area contributed by atoms with Crippen LogP contribution in [0, 0.1) is 0 Å². The number of ether oxygens (including phenoxy) is 1. The van der Waals surface area contributed by atoms with Crippen molar-refractivity contribution in [3.63, 3.8) is 0 Å². The van der Waals surface area contributed by atoms with E-state index in [9.17, 15) is 23.1 Å². The van der Waals surface area contributed by atoms with E-state index in [0.717, 1.165) is 28.5 Å². The van der Waals surface area contributed by atoms with Crippen molar-refractivity contribution >= 4 is 34.2 Å². The Balaban J connectivity index is 1.50. The fourth-order valence-electron chi connectivity index (χ4n) is 4.07. The van der Waals surface area contributed by atoms with Crippen molar-refractivity contribution < 1.29 is 27.8 Å². The predicted molar refractivity (Wildman–Crippen MR) is 131 cm³/mol. The molecule has 0 aliphatic rings. The van der Waals surface area contributed by atoms with Crippen molar-refractivity contribution in [1.29, 1.82) is 0 Å². The maximum absolute atomic E-state index is 13.5. The van der Waals surface area contributed by atoms with Gasteiger partial charge in [0.05, 0.1) is 27.4 Å². The molecule has 0 saturated heterocycles. The first-order valence-corrected chi connectivity index (χ1v) is 11.8. The topological polar surface area (TPSA) is 106 Å². The number of thiophene rings is 1. The standard InChI is InChI=1S/C26H19F3N4O3S/c1-14(17-4-2-3-5-18(17)26(27,28)29)36-21-12-23(37-24(21)25(34)35)33-13-32-19-10-15(6-7-20(19)33)16-8-9-31-22(30)11-16/h2-14H,1H3,(H2,30,31)(H,34,35)/p-1/t14-/m1/s1. The van der Waals surface area contributed by atoms with Crippen LogP contribution in [0.1, 0.15) is 33.8 Å². The minimum absolute atomic E-state index is 0.0878. The summed E-state index contributed by atoms with van der Waals surface area (Å²) in [6.45, 7) is 1.43. The molecule has 0 fully saturated rings. The molecule has 0 unspecified atom stereocenters. The van der Waals surface area contributed by atoms with Crippen molar-refractivity contribution in [3.8, 4) is 21.9 Å². The molecule has 3 aromatic heterocycles. The number of benzene rings is 2. The van der Waals surface area contributed by atoms with Crippen molar-refractivity contribution in [2.75, 3.05) is 5.73 Å². The molecule has 3 heterocycles. The molecule has 0 aliphatic heterocycles. The molecule has 0 spiro atoms. The van der Waals surface area contributed by atoms with Crippen molar-refractivity contribution in [2.24, 2.45) is 0 Å². The van der Waals surface area contributed by atoms with Gasteiger partial charge in [-0.05, 0) is 48.4 Å². The molecular weight excluding hydrogens is 505 g/mol. The van der Waals surface area contributed by atoms with Crippen LogP contribution in [-0.2, 0) is 6.18 Å². The Morgan fingerprint density at radius 2 is 1.84 bits per heavy atom. The zero-order valence-electron chi connectivity index (χ0n) is 19.2. The number of carboxylic acids is 1. The van der Waals surface area contributed by atoms with E-state index >= 15 is 0 Å². The van der Waals surface area contributed by atoms with Gasteiger partial charge < -0.3 is 20.4 Å². The number of aromatic nitrogens is 3. The van der Waals surface area contributed by atoms with E-state index in [1.807, 2.05) is 24.3 Å². The number of carbonyl (C=O) groups is 1. The Morgan fingerprint density at radius 3 is 2.57 bits per heavy atom. The Hall–Kier alpha value is -4.38. The molecule has 5 rings (SSSR count). The molecule has 11 heteroatoms. The first-order valence-electron chi connectivity index (χ1n) is 11.0. The minimum Gasteiger partial charge on any atom is -0.544 e. The summed E-state index contributed by atoms with van der Waals surface area (Å²) in [5, 5.41) is 12.3. The van der Waals surface area contributed by atoms with Crippen LogP contribution in [0.5, 0.6) is 5.75 Å². The highest BCUT2D eigenvalue weighted by molar-refractivity contribution is 7.16. The molecule has 2 aromatic carbocycles. The van der Waals surface area contributed by atoms with Crippen LogP contribution in [0.4, 0.5) is 19.0 Å². The van der Waals surface area contributed by atoms with Crippen LogP contribution < -0.4 is 15.6 Å². The summed E-state index contributed by atoms with van der Waals surface area (Å²) >= 11 is 0.879. The van der Waals surface area contributed by atoms with Crippen molar-refractivity contribution in [1.82, 2.24) is 14.5 Å². The fraction of sp³-hybridized carbons (Fsp3) is 0.115. The molecule has 0 radical (unpaired) electrons. The average Bonchev–Trinajstić information content (AvgIpc) is 3.47. The Kier molecular flexibility index (Phi) is 6.08. The van der Waals surface area contributed by atoms with E-state index in [0.29, 0.717) is 21.9 Å². The number of hydrogen-bond acceptors (Lipinski definition) is 7. The van der Waals surface area contributed by atoms with Gasteiger partial charge in [-0.3, -0.25) is 4.57 Å². The molecular formula is C26H18F3N4O3S-. The van der Waals surface area contributed by atoms with Crippen LogP contribution in [-0.4, -0.2) is 20.5 Å². The van der Waals surface area contributed by atoms with Crippen LogP contribution in [0.3, 0.4) is 0 Å². The van der Waals surface area contributed by atoms with Gasteiger partial charge in [0.2, 0.25) is 0 Å². The van der Waals surface area contributed by atoms with Crippen molar-refractivity contribution in [2.45, 2.75) is 19.2 Å². The van der Waals surface area contributed by atoms with Crippen LogP contribution >= 0.6 is 11.3 Å². The number of pyridine rings is 1. The predicted octanol–water partition coefficient (Wildman–Crippen LogP) is 5.25. The number of imidazole rings is 1. The number of anilines is 1. The third kappa shape index (κ3) is 4.73. The lowest BCUT2D eigenvalue weighted by atomic mass is 10.0. The summed E-state index contributed by atoms with van der Waals surface area (Å²) in [6.07, 6.45) is -2.52. The maximum atomic E-state index is 13.5. The summed E-state index contributed by atoms with van der Waals surface area (Å²) in [4.78, 5) is 20.0. The Morgan fingerprint density at radius 1 is 1.08 bits per heavy atom. The Bertz CT molecular complexity index is 1630. The highest BCUT2D eigenvalue weighted by Gasteiger charge is 2.34. The zero-order valence-corrected chi connectivity index (χ0v) is 20.0. The van der Waals surface area contributed by atoms with Gasteiger partial charge in [-0.25, -0.2) is 9.97 Å². The van der Waals surface area contributed by atoms with Crippen LogP contribution in [0.25, 0.3) is 27.2 Å². The van der Waals surface area contributed by atoms with E-state index in [4.69, 9.17) is 10.5 Å². The smallest absolute Gasteiger partial charge is 0.416 e. The lowest BCUT2D eigenvalue weighted by Gasteiger charge is -2.20. The summed E-state index contributed by atoms with van der Waals surface area (Å²) in [6, 6.07) is 15.6. The number of hydrogen-bond donors (Lipinski definition) is 1. The highest BCUT2D eigenvalue weighted by atomic mass is 32.1. The number of carbonyl (C=O) groups excluding carboxylic acids is 1. The van der Waals surface area contributed by atoms with Gasteiger partial charge in [0.25, 0.3) is 0 Å². The Labute approximate surface area is 212 Å². The number of nitrogens with two attached hydrogens (primary N) is 1. The van der Waals surface area contributed by atoms with E-state index in [1.54, 1.807) is 16.8 Å². The molecule has 5 aromatic rings. The van der Waals surface area contributed by atoms with E-state index in [-0.39, 0.29) is 16.2 Å². The molecule has 0 aliphatic carbocycles. The van der Waals surface area contributed by atoms with Crippen molar-refractivity contribution in [3.05, 3.63) is 89.2 Å². The van der Waals surface area contributed by atoms with Crippen LogP contribution in [0.2, 0.25) is 0 Å². The molecule has 0 bridgehead atoms. The first-order chi connectivity index (χ1) is 17.6. The largest absolute Gasteiger partial charge is 0.544 e. The normalized spacial score (nSPS) is 12.5. The number of rotatable bonds is 6. The minimum atomic E-state index is -4.58. The maximum Gasteiger partial charge on any atom is 0.416 e. The SMILES string of the molecule is C[C@@H](Oc1cc(-n2cnc3cc(-c4ccnc(N)c4)ccc32)sc1C(=O)[O-])c1ccccc1C(F)(F)F. The first kappa shape index (κ1) is 24.3. The molecule has 188 valence electrons. The number of fused-ring (bicyclic) bond motifs is 1. The number of halogens is 3. The van der Waals surface area contributed by atoms with E-state index < -0.39 is 23.8 Å². The van der Waals surface area contributed by atoms with Gasteiger partial charge in [0.1, 0.15) is 29.0 Å². The third-order valence-corrected chi connectivity index (χ3v) is 6.87. The number of nitrogen functional groups attached to an aromatic ring is 1. The number of nitrogens with zero attached hydrogens (tertiary/aromatic N) is 3. The fourth-order valence-corrected chi connectivity index (χ4v) is 4.98. The number of carboxylic acid groups (broad SMARTS) is 1. The summed E-state index contributed by atoms with van der Waals surface area (Å²) < 4.78 is 47.8. The van der Waals surface area contributed by atoms with Gasteiger partial charge in [0.15, 0.2) is 0 Å². The zero-order chi connectivity index (χ0) is 26.3. The van der Waals surface area contributed by atoms with Gasteiger partial charge >= 0.3 is 6.18 Å². The molecule has 1 atom stereocenters. The molecule has 0 saturated carbocycles. The summed E-state index contributed by atoms with van der Waals surface area (Å²) in [5.74, 6) is -1.20. The molecule has 0 amide bonds. The second-order valence-electron chi connectivity index (χ2n) is 8.20. The molecule has 37 heavy (non-hydrogen) atoms. The summed E-state index contributed by atoms with van der Waals surface area (Å²) in [7, 11) is 0. The average molecular weight is 524 g/mol. The summed E-state index contributed by atoms with van der Waals surface area (Å²) in [5.41, 5.74) is 7.90. The number of aromatic carboxylic acids is 1. The second-order valence-corrected chi connectivity index (χ2v) is 9.23. The lowest BCUT2D eigenvalue weighted by molar-refractivity contribution is -0.254. The lowest BCUT2D eigenvalue weighted by Crippen LogP contribution is -2.22. The molecule has 2 N–H and O–H groups in total. The van der Waals surface area contributed by atoms with Gasteiger partial charge in [-0.15, -0.1) is 11.3 Å². The van der Waals surface area contributed by atoms with Gasteiger partial charge in [0, 0.05) is 17.8 Å². The third-order valence-electron chi connectivity index (χ3n) is 5.78. The van der Waals surface area contributed by atoms with Gasteiger partial charge in [-0.1, -0.05) is 24.3 Å². The number of alkyl halides is 3. The monoisotopic (exact) mass is 523 g/mol. The molecule has 7 nitrogen and oxygen atoms in total. The second kappa shape index (κ2) is 9.25. The quantitative estimate of drug-likeness (QED) is 0.326. The van der Waals surface area contributed by atoms with Gasteiger partial charge in [-0.2, -0.15) is 13.2 Å².